The van der Waals surface area contributed by atoms with Crippen LogP contribution in [0.5, 0.6) is 0 Å². The van der Waals surface area contributed by atoms with Crippen molar-refractivity contribution in [2.45, 2.75) is 12.8 Å². The summed E-state index contributed by atoms with van der Waals surface area (Å²) in [7, 11) is 0. The van der Waals surface area contributed by atoms with Gasteiger partial charge in [-0.3, -0.25) is 0 Å². The molecule has 1 N–H and O–H groups in total. The van der Waals surface area contributed by atoms with Gasteiger partial charge in [-0.1, -0.05) is 18.2 Å². The number of pyridine rings is 1. The maximum Gasteiger partial charge on any atom is 0.132 e. The van der Waals surface area contributed by atoms with E-state index in [9.17, 15) is 0 Å². The van der Waals surface area contributed by atoms with Crippen LogP contribution in [0.2, 0.25) is 0 Å². The van der Waals surface area contributed by atoms with E-state index in [1.54, 1.807) is 0 Å². The van der Waals surface area contributed by atoms with Crippen LogP contribution in [0, 0.1) is 0 Å². The maximum atomic E-state index is 8.90. The summed E-state index contributed by atoms with van der Waals surface area (Å²) in [4.78, 5) is 7.01. The first kappa shape index (κ1) is 10.5. The van der Waals surface area contributed by atoms with Gasteiger partial charge in [0, 0.05) is 25.1 Å². The molecule has 2 heterocycles. The van der Waals surface area contributed by atoms with Crippen LogP contribution in [-0.2, 0) is 6.42 Å². The van der Waals surface area contributed by atoms with Crippen LogP contribution in [0.25, 0.3) is 10.9 Å². The van der Waals surface area contributed by atoms with E-state index in [1.165, 1.54) is 10.9 Å². The Morgan fingerprint density at radius 3 is 3.06 bits per heavy atom. The number of hydrogen-bond donors (Lipinski definition) is 1. The molecule has 0 aliphatic carbocycles. The summed E-state index contributed by atoms with van der Waals surface area (Å²) in [6.07, 6.45) is 1.88. The lowest BCUT2D eigenvalue weighted by Crippen LogP contribution is -2.23. The van der Waals surface area contributed by atoms with Crippen LogP contribution >= 0.6 is 0 Å². The van der Waals surface area contributed by atoms with Gasteiger partial charge in [-0.05, 0) is 30.5 Å². The lowest BCUT2D eigenvalue weighted by molar-refractivity contribution is 0.290. The monoisotopic (exact) mass is 228 g/mol. The Kier molecular flexibility index (Phi) is 2.69. The molecule has 0 amide bonds. The summed E-state index contributed by atoms with van der Waals surface area (Å²) in [5, 5.41) is 10.1. The fourth-order valence-electron chi connectivity index (χ4n) is 2.45. The standard InChI is InChI=1S/C14H16N2O/c17-9-3-7-16-8-6-12-10-11-4-1-2-5-13(11)15-14(12)16/h1-2,4-5,10,17H,3,6-9H2. The molecule has 1 aromatic heterocycles. The number of aliphatic hydroxyl groups excluding tert-OH is 1. The van der Waals surface area contributed by atoms with Crippen LogP contribution in [0.3, 0.4) is 0 Å². The SMILES string of the molecule is OCCCN1CCc2cc3ccccc3nc21. The average Bonchev–Trinajstić information content (AvgIpc) is 2.76. The van der Waals surface area contributed by atoms with Crippen LogP contribution in [0.4, 0.5) is 5.82 Å². The number of hydrogen-bond acceptors (Lipinski definition) is 3. The van der Waals surface area contributed by atoms with E-state index in [-0.39, 0.29) is 6.61 Å². The number of rotatable bonds is 3. The summed E-state index contributed by atoms with van der Waals surface area (Å²) in [6, 6.07) is 10.5. The van der Waals surface area contributed by atoms with Gasteiger partial charge in [-0.2, -0.15) is 0 Å². The van der Waals surface area contributed by atoms with Crippen molar-refractivity contribution in [2.24, 2.45) is 0 Å². The van der Waals surface area contributed by atoms with Crippen LogP contribution in [-0.4, -0.2) is 29.8 Å². The van der Waals surface area contributed by atoms with Crippen molar-refractivity contribution in [3.8, 4) is 0 Å². The number of anilines is 1. The van der Waals surface area contributed by atoms with Gasteiger partial charge in [0.15, 0.2) is 0 Å². The molecule has 1 aromatic carbocycles. The van der Waals surface area contributed by atoms with Crippen molar-refractivity contribution in [3.63, 3.8) is 0 Å². The molecule has 17 heavy (non-hydrogen) atoms. The van der Waals surface area contributed by atoms with Crippen molar-refractivity contribution in [3.05, 3.63) is 35.9 Å². The van der Waals surface area contributed by atoms with Gasteiger partial charge in [0.2, 0.25) is 0 Å². The number of benzene rings is 1. The topological polar surface area (TPSA) is 36.4 Å². The van der Waals surface area contributed by atoms with Gasteiger partial charge in [0.1, 0.15) is 5.82 Å². The zero-order valence-electron chi connectivity index (χ0n) is 9.76. The molecule has 0 saturated carbocycles. The molecule has 0 spiro atoms. The maximum absolute atomic E-state index is 8.90. The quantitative estimate of drug-likeness (QED) is 0.872. The first-order valence-corrected chi connectivity index (χ1v) is 6.13. The third kappa shape index (κ3) is 1.87. The lowest BCUT2D eigenvalue weighted by atomic mass is 10.1. The minimum Gasteiger partial charge on any atom is -0.396 e. The highest BCUT2D eigenvalue weighted by molar-refractivity contribution is 5.82. The highest BCUT2D eigenvalue weighted by atomic mass is 16.3. The Bertz CT molecular complexity index is 539. The Hall–Kier alpha value is -1.61. The molecule has 0 radical (unpaired) electrons. The summed E-state index contributed by atoms with van der Waals surface area (Å²) in [6.45, 7) is 2.17. The number of aromatic nitrogens is 1. The fraction of sp³-hybridized carbons (Fsp3) is 0.357. The average molecular weight is 228 g/mol. The van der Waals surface area contributed by atoms with Gasteiger partial charge in [0.05, 0.1) is 5.52 Å². The lowest BCUT2D eigenvalue weighted by Gasteiger charge is -2.17. The normalized spacial score (nSPS) is 14.3. The molecule has 0 atom stereocenters. The van der Waals surface area contributed by atoms with E-state index in [0.29, 0.717) is 0 Å². The van der Waals surface area contributed by atoms with Crippen LogP contribution in [0.15, 0.2) is 30.3 Å². The summed E-state index contributed by atoms with van der Waals surface area (Å²) in [5.74, 6) is 1.11. The van der Waals surface area contributed by atoms with E-state index in [4.69, 9.17) is 10.1 Å². The smallest absolute Gasteiger partial charge is 0.132 e. The number of aliphatic hydroxyl groups is 1. The van der Waals surface area contributed by atoms with E-state index in [0.717, 1.165) is 37.3 Å². The molecule has 0 fully saturated rings. The molecule has 3 rings (SSSR count). The van der Waals surface area contributed by atoms with E-state index in [2.05, 4.69) is 29.2 Å². The summed E-state index contributed by atoms with van der Waals surface area (Å²) < 4.78 is 0. The van der Waals surface area contributed by atoms with Crippen molar-refractivity contribution >= 4 is 16.7 Å². The molecule has 0 saturated heterocycles. The second-order valence-corrected chi connectivity index (χ2v) is 4.48. The van der Waals surface area contributed by atoms with Crippen molar-refractivity contribution in [2.75, 3.05) is 24.6 Å². The Morgan fingerprint density at radius 2 is 2.18 bits per heavy atom. The molecule has 1 aliphatic rings. The zero-order chi connectivity index (χ0) is 11.7. The third-order valence-corrected chi connectivity index (χ3v) is 3.32. The minimum absolute atomic E-state index is 0.249. The first-order valence-electron chi connectivity index (χ1n) is 6.13. The minimum atomic E-state index is 0.249. The predicted octanol–water partition coefficient (Wildman–Crippen LogP) is 1.98. The molecule has 88 valence electrons. The van der Waals surface area contributed by atoms with E-state index >= 15 is 0 Å². The molecule has 3 nitrogen and oxygen atoms in total. The van der Waals surface area contributed by atoms with Gasteiger partial charge >= 0.3 is 0 Å². The number of nitrogens with zero attached hydrogens (tertiary/aromatic N) is 2. The Labute approximate surface area is 101 Å². The van der Waals surface area contributed by atoms with Crippen molar-refractivity contribution < 1.29 is 5.11 Å². The molecule has 1 aliphatic heterocycles. The van der Waals surface area contributed by atoms with Gasteiger partial charge in [0.25, 0.3) is 0 Å². The molecule has 3 heteroatoms. The fourth-order valence-corrected chi connectivity index (χ4v) is 2.45. The van der Waals surface area contributed by atoms with Crippen molar-refractivity contribution in [1.82, 2.24) is 4.98 Å². The molecular weight excluding hydrogens is 212 g/mol. The van der Waals surface area contributed by atoms with E-state index in [1.807, 2.05) is 6.07 Å². The predicted molar refractivity (Wildman–Crippen MR) is 69.4 cm³/mol. The number of para-hydroxylation sites is 1. The Morgan fingerprint density at radius 1 is 1.29 bits per heavy atom. The second-order valence-electron chi connectivity index (χ2n) is 4.48. The summed E-state index contributed by atoms with van der Waals surface area (Å²) in [5.41, 5.74) is 2.39. The van der Waals surface area contributed by atoms with Gasteiger partial charge < -0.3 is 10.0 Å². The molecule has 0 unspecified atom stereocenters. The molecule has 0 bridgehead atoms. The highest BCUT2D eigenvalue weighted by Gasteiger charge is 2.20. The van der Waals surface area contributed by atoms with Gasteiger partial charge in [-0.25, -0.2) is 4.98 Å². The molecule has 2 aromatic rings. The molecular formula is C14H16N2O. The third-order valence-electron chi connectivity index (χ3n) is 3.32. The highest BCUT2D eigenvalue weighted by Crippen LogP contribution is 2.29. The van der Waals surface area contributed by atoms with Crippen LogP contribution < -0.4 is 4.90 Å². The van der Waals surface area contributed by atoms with Gasteiger partial charge in [-0.15, -0.1) is 0 Å². The summed E-state index contributed by atoms with van der Waals surface area (Å²) >= 11 is 0. The second kappa shape index (κ2) is 4.34. The van der Waals surface area contributed by atoms with Crippen molar-refractivity contribution in [1.29, 1.82) is 0 Å². The van der Waals surface area contributed by atoms with Crippen LogP contribution in [0.1, 0.15) is 12.0 Å². The Balaban J connectivity index is 2.00. The zero-order valence-corrected chi connectivity index (χ0v) is 9.76. The van der Waals surface area contributed by atoms with E-state index < -0.39 is 0 Å². The number of fused-ring (bicyclic) bond motifs is 2. The largest absolute Gasteiger partial charge is 0.396 e. The first-order chi connectivity index (χ1) is 8.38.